The van der Waals surface area contributed by atoms with Crippen LogP contribution in [0.5, 0.6) is 0 Å². The van der Waals surface area contributed by atoms with E-state index in [1.165, 1.54) is 0 Å². The first-order chi connectivity index (χ1) is 24.3. The van der Waals surface area contributed by atoms with Crippen LogP contribution in [0.3, 0.4) is 0 Å². The van der Waals surface area contributed by atoms with Crippen molar-refractivity contribution in [3.63, 3.8) is 0 Å². The molecule has 0 spiro atoms. The number of nitrogens with zero attached hydrogens (tertiary/aromatic N) is 5. The number of fused-ring (bicyclic) bond motifs is 10. The Morgan fingerprint density at radius 1 is 0.327 bits per heavy atom. The summed E-state index contributed by atoms with van der Waals surface area (Å²) in [5.41, 5.74) is 9.35. The second kappa shape index (κ2) is 10.2. The summed E-state index contributed by atoms with van der Waals surface area (Å²) in [5, 5.41) is 28.3. The Kier molecular flexibility index (Phi) is 5.64. The lowest BCUT2D eigenvalue weighted by Gasteiger charge is -2.16. The van der Waals surface area contributed by atoms with Gasteiger partial charge in [-0.15, -0.1) is 0 Å². The molecule has 7 aromatic carbocycles. The van der Waals surface area contributed by atoms with E-state index >= 15 is 0 Å². The normalized spacial score (nSPS) is 11.6. The zero-order valence-corrected chi connectivity index (χ0v) is 26.2. The summed E-state index contributed by atoms with van der Waals surface area (Å²) in [5.74, 6) is 0. The van der Waals surface area contributed by atoms with Crippen LogP contribution in [0.1, 0.15) is 11.1 Å². The molecule has 0 amide bonds. The minimum atomic E-state index is 0.344. The molecule has 0 unspecified atom stereocenters. The van der Waals surface area contributed by atoms with E-state index in [9.17, 15) is 10.5 Å². The summed E-state index contributed by atoms with van der Waals surface area (Å²) < 4.78 is 6.60. The van der Waals surface area contributed by atoms with Crippen molar-refractivity contribution in [2.45, 2.75) is 0 Å². The maximum absolute atomic E-state index is 10.8. The molecule has 0 bridgehead atoms. The number of para-hydroxylation sites is 5. The minimum absolute atomic E-state index is 0.344. The molecule has 10 rings (SSSR count). The lowest BCUT2D eigenvalue weighted by Crippen LogP contribution is -2.05. The third-order valence-corrected chi connectivity index (χ3v) is 9.93. The highest BCUT2D eigenvalue weighted by atomic mass is 15.0. The summed E-state index contributed by atoms with van der Waals surface area (Å²) in [6.07, 6.45) is 0. The van der Waals surface area contributed by atoms with Crippen LogP contribution in [-0.2, 0) is 0 Å². The molecular weight excluding hydrogens is 599 g/mol. The Labute approximate surface area is 280 Å². The van der Waals surface area contributed by atoms with Crippen molar-refractivity contribution in [3.05, 3.63) is 163 Å². The molecule has 0 aliphatic carbocycles. The van der Waals surface area contributed by atoms with Crippen molar-refractivity contribution in [3.8, 4) is 29.2 Å². The van der Waals surface area contributed by atoms with Crippen molar-refractivity contribution >= 4 is 65.4 Å². The van der Waals surface area contributed by atoms with Gasteiger partial charge in [-0.25, -0.2) is 0 Å². The van der Waals surface area contributed by atoms with Gasteiger partial charge in [0.2, 0.25) is 0 Å². The molecule has 5 heteroatoms. The summed E-state index contributed by atoms with van der Waals surface area (Å²) in [6.45, 7) is 0. The second-order valence-corrected chi connectivity index (χ2v) is 12.3. The van der Waals surface area contributed by atoms with Gasteiger partial charge in [-0.3, -0.25) is 0 Å². The maximum atomic E-state index is 10.8. The monoisotopic (exact) mass is 623 g/mol. The molecule has 0 saturated heterocycles. The largest absolute Gasteiger partial charge is 0.309 e. The van der Waals surface area contributed by atoms with E-state index in [2.05, 4.69) is 129 Å². The molecule has 0 aliphatic rings. The summed E-state index contributed by atoms with van der Waals surface area (Å²) in [6, 6.07) is 57.0. The third kappa shape index (κ3) is 3.62. The van der Waals surface area contributed by atoms with Crippen molar-refractivity contribution in [1.29, 1.82) is 10.5 Å². The number of benzene rings is 7. The molecule has 0 fully saturated rings. The first-order valence-electron chi connectivity index (χ1n) is 16.3. The fraction of sp³-hybridized carbons (Fsp3) is 0. The Bertz CT molecular complexity index is 3020. The van der Waals surface area contributed by atoms with Gasteiger partial charge in [0, 0.05) is 38.0 Å². The van der Waals surface area contributed by atoms with Gasteiger partial charge in [0.05, 0.1) is 55.6 Å². The first kappa shape index (κ1) is 27.1. The van der Waals surface area contributed by atoms with E-state index in [-0.39, 0.29) is 0 Å². The fourth-order valence-electron chi connectivity index (χ4n) is 7.99. The number of aromatic nitrogens is 3. The van der Waals surface area contributed by atoms with Crippen molar-refractivity contribution in [1.82, 2.24) is 13.7 Å². The molecule has 0 atom stereocenters. The third-order valence-electron chi connectivity index (χ3n) is 9.93. The predicted octanol–water partition coefficient (Wildman–Crippen LogP) is 10.7. The highest BCUT2D eigenvalue weighted by Crippen LogP contribution is 2.43. The Hall–Kier alpha value is -7.08. The second-order valence-electron chi connectivity index (χ2n) is 12.3. The average Bonchev–Trinajstić information content (AvgIpc) is 3.80. The van der Waals surface area contributed by atoms with Crippen LogP contribution in [0.25, 0.3) is 82.5 Å². The van der Waals surface area contributed by atoms with Crippen LogP contribution in [0, 0.1) is 22.7 Å². The molecule has 5 nitrogen and oxygen atoms in total. The standard InChI is InChI=1S/C44H25N5/c45-26-33-34(27-46)40(23-22-39(33)48-35-18-8-4-14-29(35)30-15-5-9-19-36(30)48)49-38-21-11-7-17-32(38)44-42(49)25-24-41-43(44)31-16-6-10-20-37(31)47(41)28-12-2-1-3-13-28/h1-25H. The van der Waals surface area contributed by atoms with Crippen molar-refractivity contribution in [2.75, 3.05) is 0 Å². The Morgan fingerprint density at radius 3 is 1.18 bits per heavy atom. The van der Waals surface area contributed by atoms with E-state index in [1.807, 2.05) is 48.5 Å². The van der Waals surface area contributed by atoms with E-state index in [0.717, 1.165) is 71.1 Å². The number of hydrogen-bond acceptors (Lipinski definition) is 2. The van der Waals surface area contributed by atoms with Crippen LogP contribution in [0.4, 0.5) is 0 Å². The van der Waals surface area contributed by atoms with Gasteiger partial charge in [0.15, 0.2) is 0 Å². The molecule has 0 N–H and O–H groups in total. The zero-order chi connectivity index (χ0) is 32.6. The maximum Gasteiger partial charge on any atom is 0.103 e. The average molecular weight is 624 g/mol. The van der Waals surface area contributed by atoms with Crippen LogP contribution in [-0.4, -0.2) is 13.7 Å². The predicted molar refractivity (Wildman–Crippen MR) is 199 cm³/mol. The Balaban J connectivity index is 1.32. The topological polar surface area (TPSA) is 62.4 Å². The molecule has 0 aliphatic heterocycles. The molecule has 3 aromatic heterocycles. The molecule has 0 saturated carbocycles. The van der Waals surface area contributed by atoms with E-state index in [1.54, 1.807) is 0 Å². The zero-order valence-electron chi connectivity index (χ0n) is 26.2. The highest BCUT2D eigenvalue weighted by molar-refractivity contribution is 6.29. The molecule has 226 valence electrons. The van der Waals surface area contributed by atoms with Crippen LogP contribution >= 0.6 is 0 Å². The minimum Gasteiger partial charge on any atom is -0.309 e. The lowest BCUT2D eigenvalue weighted by molar-refractivity contribution is 1.12. The molecule has 3 heterocycles. The van der Waals surface area contributed by atoms with Gasteiger partial charge < -0.3 is 13.7 Å². The van der Waals surface area contributed by atoms with E-state index in [0.29, 0.717) is 22.5 Å². The SMILES string of the molecule is N#Cc1c(-n2c3ccccc3c3ccccc32)ccc(-n2c3ccccc3c3c4c5ccccc5n(-c5ccccc5)c4ccc32)c1C#N. The van der Waals surface area contributed by atoms with Crippen LogP contribution in [0.15, 0.2) is 152 Å². The highest BCUT2D eigenvalue weighted by Gasteiger charge is 2.24. The molecular formula is C44H25N5. The summed E-state index contributed by atoms with van der Waals surface area (Å²) >= 11 is 0. The van der Waals surface area contributed by atoms with Crippen LogP contribution in [0.2, 0.25) is 0 Å². The van der Waals surface area contributed by atoms with E-state index < -0.39 is 0 Å². The number of nitriles is 2. The molecule has 49 heavy (non-hydrogen) atoms. The van der Waals surface area contributed by atoms with Gasteiger partial charge in [-0.05, 0) is 60.7 Å². The smallest absolute Gasteiger partial charge is 0.103 e. The van der Waals surface area contributed by atoms with Gasteiger partial charge in [0.1, 0.15) is 12.1 Å². The quantitative estimate of drug-likeness (QED) is 0.197. The number of hydrogen-bond donors (Lipinski definition) is 0. The van der Waals surface area contributed by atoms with Gasteiger partial charge in [-0.2, -0.15) is 10.5 Å². The first-order valence-corrected chi connectivity index (χ1v) is 16.3. The molecule has 0 radical (unpaired) electrons. The van der Waals surface area contributed by atoms with Gasteiger partial charge in [0.25, 0.3) is 0 Å². The summed E-state index contributed by atoms with van der Waals surface area (Å²) in [4.78, 5) is 0. The fourth-order valence-corrected chi connectivity index (χ4v) is 7.99. The lowest BCUT2D eigenvalue weighted by atomic mass is 10.0. The van der Waals surface area contributed by atoms with Crippen molar-refractivity contribution < 1.29 is 0 Å². The van der Waals surface area contributed by atoms with Gasteiger partial charge in [-0.1, -0.05) is 91.0 Å². The van der Waals surface area contributed by atoms with E-state index in [4.69, 9.17) is 0 Å². The van der Waals surface area contributed by atoms with Crippen molar-refractivity contribution in [2.24, 2.45) is 0 Å². The van der Waals surface area contributed by atoms with Gasteiger partial charge >= 0.3 is 0 Å². The number of rotatable bonds is 3. The van der Waals surface area contributed by atoms with Crippen LogP contribution < -0.4 is 0 Å². The Morgan fingerprint density at radius 2 is 0.694 bits per heavy atom. The molecule has 10 aromatic rings. The summed E-state index contributed by atoms with van der Waals surface area (Å²) in [7, 11) is 0.